The van der Waals surface area contributed by atoms with E-state index < -0.39 is 29.3 Å². The molecule has 0 bridgehead atoms. The van der Waals surface area contributed by atoms with Gasteiger partial charge in [0.15, 0.2) is 5.78 Å². The predicted molar refractivity (Wildman–Crippen MR) is 144 cm³/mol. The first-order valence-electron chi connectivity index (χ1n) is 13.6. The average Bonchev–Trinajstić information content (AvgIpc) is 2.81. The summed E-state index contributed by atoms with van der Waals surface area (Å²) >= 11 is 0. The van der Waals surface area contributed by atoms with Gasteiger partial charge < -0.3 is 18.9 Å². The molecule has 1 saturated heterocycles. The van der Waals surface area contributed by atoms with Gasteiger partial charge in [-0.3, -0.25) is 9.69 Å². The van der Waals surface area contributed by atoms with Crippen LogP contribution >= 0.6 is 0 Å². The highest BCUT2D eigenvalue weighted by Gasteiger charge is 2.36. The molecule has 1 unspecified atom stereocenters. The van der Waals surface area contributed by atoms with Crippen LogP contribution in [-0.4, -0.2) is 59.2 Å². The molecule has 1 aliphatic carbocycles. The molecular weight excluding hydrogens is 486 g/mol. The summed E-state index contributed by atoms with van der Waals surface area (Å²) in [4.78, 5) is 38.8. The zero-order chi connectivity index (χ0) is 27.9. The molecule has 1 saturated carbocycles. The van der Waals surface area contributed by atoms with E-state index in [1.807, 2.05) is 59.7 Å². The number of ketones is 1. The van der Waals surface area contributed by atoms with E-state index in [-0.39, 0.29) is 18.5 Å². The van der Waals surface area contributed by atoms with E-state index >= 15 is 0 Å². The molecule has 0 N–H and O–H groups in total. The summed E-state index contributed by atoms with van der Waals surface area (Å²) < 4.78 is 22.8. The molecular formula is C30H43NO7. The number of ether oxygens (including phenoxy) is 4. The zero-order valence-corrected chi connectivity index (χ0v) is 23.7. The van der Waals surface area contributed by atoms with E-state index in [9.17, 15) is 14.4 Å². The van der Waals surface area contributed by atoms with E-state index in [0.29, 0.717) is 25.3 Å². The third-order valence-corrected chi connectivity index (χ3v) is 6.53. The van der Waals surface area contributed by atoms with Gasteiger partial charge in [-0.05, 0) is 91.2 Å². The van der Waals surface area contributed by atoms with Crippen molar-refractivity contribution in [3.8, 4) is 5.75 Å². The molecule has 1 amide bonds. The van der Waals surface area contributed by atoms with Gasteiger partial charge in [-0.15, -0.1) is 0 Å². The number of Topliss-reactive ketones (excluding diaryl/α,β-unsaturated/α-hetero) is 1. The van der Waals surface area contributed by atoms with Gasteiger partial charge in [0.2, 0.25) is 0 Å². The Morgan fingerprint density at radius 1 is 0.974 bits per heavy atom. The summed E-state index contributed by atoms with van der Waals surface area (Å²) in [5.74, 6) is 0.601. The van der Waals surface area contributed by atoms with Crippen molar-refractivity contribution in [3.63, 3.8) is 0 Å². The fraction of sp³-hybridized carbons (Fsp3) is 0.633. The molecule has 1 heterocycles. The Bertz CT molecular complexity index is 997. The minimum atomic E-state index is -0.618. The van der Waals surface area contributed by atoms with Crippen LogP contribution in [0.25, 0.3) is 0 Å². The van der Waals surface area contributed by atoms with Gasteiger partial charge in [-0.1, -0.05) is 18.2 Å². The van der Waals surface area contributed by atoms with Gasteiger partial charge >= 0.3 is 12.1 Å². The zero-order valence-electron chi connectivity index (χ0n) is 23.7. The number of carbonyl (C=O) groups excluding carboxylic acids is 3. The Balaban J connectivity index is 1.53. The number of piperidine rings is 1. The lowest BCUT2D eigenvalue weighted by Gasteiger charge is -2.37. The number of hydrogen-bond donors (Lipinski definition) is 0. The Morgan fingerprint density at radius 3 is 2.29 bits per heavy atom. The van der Waals surface area contributed by atoms with Crippen molar-refractivity contribution in [2.24, 2.45) is 0 Å². The summed E-state index contributed by atoms with van der Waals surface area (Å²) in [5, 5.41) is 0. The molecule has 210 valence electrons. The maximum absolute atomic E-state index is 12.7. The van der Waals surface area contributed by atoms with Crippen LogP contribution in [0.3, 0.4) is 0 Å². The Hall–Kier alpha value is -2.87. The highest BCUT2D eigenvalue weighted by molar-refractivity contribution is 5.88. The second-order valence-electron chi connectivity index (χ2n) is 12.1. The Labute approximate surface area is 226 Å². The fourth-order valence-corrected chi connectivity index (χ4v) is 4.83. The fourth-order valence-electron chi connectivity index (χ4n) is 4.83. The number of para-hydroxylation sites is 1. The van der Waals surface area contributed by atoms with E-state index in [1.54, 1.807) is 0 Å². The van der Waals surface area contributed by atoms with Crippen molar-refractivity contribution in [1.82, 2.24) is 4.90 Å². The maximum atomic E-state index is 12.7. The predicted octanol–water partition coefficient (Wildman–Crippen LogP) is 5.93. The van der Waals surface area contributed by atoms with Crippen molar-refractivity contribution in [3.05, 3.63) is 42.2 Å². The van der Waals surface area contributed by atoms with Crippen LogP contribution in [0.2, 0.25) is 0 Å². The first-order chi connectivity index (χ1) is 17.8. The Kier molecular flexibility index (Phi) is 9.99. The molecule has 2 fully saturated rings. The van der Waals surface area contributed by atoms with Gasteiger partial charge in [-0.2, -0.15) is 0 Å². The van der Waals surface area contributed by atoms with E-state index in [4.69, 9.17) is 18.9 Å². The van der Waals surface area contributed by atoms with Crippen LogP contribution in [0, 0.1) is 0 Å². The van der Waals surface area contributed by atoms with Crippen LogP contribution in [-0.2, 0) is 23.8 Å². The summed E-state index contributed by atoms with van der Waals surface area (Å²) in [5.41, 5.74) is -0.0797. The minimum absolute atomic E-state index is 0.0290. The number of benzene rings is 1. The summed E-state index contributed by atoms with van der Waals surface area (Å²) in [6.07, 6.45) is 6.86. The van der Waals surface area contributed by atoms with Gasteiger partial charge in [0.1, 0.15) is 23.0 Å². The topological polar surface area (TPSA) is 91.4 Å². The molecule has 0 spiro atoms. The Morgan fingerprint density at radius 2 is 1.63 bits per heavy atom. The van der Waals surface area contributed by atoms with Crippen LogP contribution in [0.5, 0.6) is 5.75 Å². The number of nitrogens with zero attached hydrogens (tertiary/aromatic N) is 1. The van der Waals surface area contributed by atoms with Gasteiger partial charge in [0.25, 0.3) is 0 Å². The standard InChI is InChI=1S/C30H43NO7/c1-29(2,3)37-27(33)17-19-35-26-12-8-7-10-23(26)21-13-15-22(16-14-21)36-20-24-25(32)11-9-18-31(24)28(34)38-30(4,5)6/h7-8,10,12,17,19,21-22,24H,9,11,13-16,18,20H2,1-6H3/b19-17+. The van der Waals surface area contributed by atoms with Crippen LogP contribution in [0.1, 0.15) is 91.5 Å². The lowest BCUT2D eigenvalue weighted by atomic mass is 9.82. The number of amides is 1. The average molecular weight is 530 g/mol. The van der Waals surface area contributed by atoms with Crippen LogP contribution in [0.4, 0.5) is 4.79 Å². The second-order valence-corrected chi connectivity index (χ2v) is 12.1. The third kappa shape index (κ3) is 9.15. The molecule has 38 heavy (non-hydrogen) atoms. The van der Waals surface area contributed by atoms with Crippen molar-refractivity contribution in [2.75, 3.05) is 13.2 Å². The maximum Gasteiger partial charge on any atom is 0.410 e. The van der Waals surface area contributed by atoms with Crippen molar-refractivity contribution in [1.29, 1.82) is 0 Å². The molecule has 8 heteroatoms. The number of likely N-dealkylation sites (tertiary alicyclic amines) is 1. The molecule has 2 aliphatic rings. The number of carbonyl (C=O) groups is 3. The highest BCUT2D eigenvalue weighted by atomic mass is 16.6. The monoisotopic (exact) mass is 529 g/mol. The number of esters is 1. The van der Waals surface area contributed by atoms with Gasteiger partial charge in [0.05, 0.1) is 25.0 Å². The SMILES string of the molecule is CC(C)(C)OC(=O)/C=C/Oc1ccccc1C1CCC(OCC2C(=O)CCCN2C(=O)OC(C)(C)C)CC1. The summed E-state index contributed by atoms with van der Waals surface area (Å²) in [6, 6.07) is 7.26. The minimum Gasteiger partial charge on any atom is -0.464 e. The van der Waals surface area contributed by atoms with E-state index in [1.165, 1.54) is 17.2 Å². The number of hydrogen-bond acceptors (Lipinski definition) is 7. The van der Waals surface area contributed by atoms with E-state index in [2.05, 4.69) is 6.07 Å². The molecule has 0 radical (unpaired) electrons. The second kappa shape index (κ2) is 12.8. The molecule has 1 atom stereocenters. The molecule has 1 aliphatic heterocycles. The highest BCUT2D eigenvalue weighted by Crippen LogP contribution is 2.38. The van der Waals surface area contributed by atoms with Crippen molar-refractivity contribution < 1.29 is 33.3 Å². The van der Waals surface area contributed by atoms with Crippen LogP contribution in [0.15, 0.2) is 36.6 Å². The van der Waals surface area contributed by atoms with E-state index in [0.717, 1.165) is 37.0 Å². The molecule has 8 nitrogen and oxygen atoms in total. The van der Waals surface area contributed by atoms with Gasteiger partial charge in [0, 0.05) is 13.0 Å². The van der Waals surface area contributed by atoms with Crippen molar-refractivity contribution >= 4 is 17.8 Å². The molecule has 3 rings (SSSR count). The summed E-state index contributed by atoms with van der Waals surface area (Å²) in [6.45, 7) is 11.6. The first-order valence-corrected chi connectivity index (χ1v) is 13.6. The molecule has 1 aromatic rings. The largest absolute Gasteiger partial charge is 0.464 e. The number of rotatable bonds is 7. The van der Waals surface area contributed by atoms with Crippen molar-refractivity contribution in [2.45, 2.75) is 109 Å². The first kappa shape index (κ1) is 29.7. The van der Waals surface area contributed by atoms with Crippen LogP contribution < -0.4 is 4.74 Å². The lowest BCUT2D eigenvalue weighted by Crippen LogP contribution is -2.53. The normalized spacial score (nSPS) is 22.8. The smallest absolute Gasteiger partial charge is 0.410 e. The molecule has 0 aromatic heterocycles. The van der Waals surface area contributed by atoms with Gasteiger partial charge in [-0.25, -0.2) is 9.59 Å². The lowest BCUT2D eigenvalue weighted by molar-refractivity contribution is -0.148. The summed E-state index contributed by atoms with van der Waals surface area (Å²) in [7, 11) is 0. The molecule has 1 aromatic carbocycles. The third-order valence-electron chi connectivity index (χ3n) is 6.53. The quantitative estimate of drug-likeness (QED) is 0.245.